The zero-order chi connectivity index (χ0) is 32.6. The molecule has 1 aliphatic rings. The second-order valence-electron chi connectivity index (χ2n) is 11.8. The smallest absolute Gasteiger partial charge is 0.295 e. The SMILES string of the molecule is COc1cc(C2/C(=C(\O)c3ccc(OCc4ccccc4C)cc3)C(=O)C(=O)N2CCCn2ccnc2)ccc1OCCC(C)C. The first-order chi connectivity index (χ1) is 22.3. The van der Waals surface area contributed by atoms with Crippen molar-refractivity contribution in [3.05, 3.63) is 113 Å². The summed E-state index contributed by atoms with van der Waals surface area (Å²) in [5.41, 5.74) is 3.28. The Labute approximate surface area is 270 Å². The molecule has 4 aromatic rings. The van der Waals surface area contributed by atoms with Gasteiger partial charge in [-0.2, -0.15) is 0 Å². The van der Waals surface area contributed by atoms with E-state index in [9.17, 15) is 14.7 Å². The fourth-order valence-corrected chi connectivity index (χ4v) is 5.48. The Morgan fingerprint density at radius 3 is 2.46 bits per heavy atom. The van der Waals surface area contributed by atoms with Crippen LogP contribution < -0.4 is 14.2 Å². The molecule has 1 aromatic heterocycles. The lowest BCUT2D eigenvalue weighted by molar-refractivity contribution is -0.139. The predicted octanol–water partition coefficient (Wildman–Crippen LogP) is 6.72. The summed E-state index contributed by atoms with van der Waals surface area (Å²) in [6.45, 7) is 8.15. The van der Waals surface area contributed by atoms with Gasteiger partial charge in [-0.1, -0.05) is 44.2 Å². The monoisotopic (exact) mass is 623 g/mol. The molecule has 0 bridgehead atoms. The maximum absolute atomic E-state index is 13.6. The fraction of sp³-hybridized carbons (Fsp3) is 0.324. The minimum atomic E-state index is -0.821. The zero-order valence-electron chi connectivity index (χ0n) is 26.8. The number of amides is 1. The molecule has 3 aromatic carbocycles. The Morgan fingerprint density at radius 2 is 1.76 bits per heavy atom. The maximum Gasteiger partial charge on any atom is 0.295 e. The zero-order valence-corrected chi connectivity index (χ0v) is 26.8. The average molecular weight is 624 g/mol. The minimum Gasteiger partial charge on any atom is -0.507 e. The normalized spacial score (nSPS) is 15.8. The number of aliphatic hydroxyl groups is 1. The first-order valence-corrected chi connectivity index (χ1v) is 15.6. The van der Waals surface area contributed by atoms with Crippen molar-refractivity contribution in [2.24, 2.45) is 5.92 Å². The van der Waals surface area contributed by atoms with Crippen molar-refractivity contribution in [3.8, 4) is 17.2 Å². The first-order valence-electron chi connectivity index (χ1n) is 15.6. The molecule has 0 spiro atoms. The number of aryl methyl sites for hydroxylation is 2. The predicted molar refractivity (Wildman–Crippen MR) is 176 cm³/mol. The Bertz CT molecular complexity index is 1680. The highest BCUT2D eigenvalue weighted by Crippen LogP contribution is 2.42. The van der Waals surface area contributed by atoms with Gasteiger partial charge in [0.15, 0.2) is 11.5 Å². The van der Waals surface area contributed by atoms with Crippen molar-refractivity contribution in [3.63, 3.8) is 0 Å². The van der Waals surface area contributed by atoms with E-state index in [1.165, 1.54) is 4.90 Å². The van der Waals surface area contributed by atoms with Gasteiger partial charge in [-0.15, -0.1) is 0 Å². The molecule has 240 valence electrons. The topological polar surface area (TPSA) is 103 Å². The molecule has 9 nitrogen and oxygen atoms in total. The highest BCUT2D eigenvalue weighted by Gasteiger charge is 2.46. The van der Waals surface area contributed by atoms with Crippen LogP contribution in [0, 0.1) is 12.8 Å². The molecule has 0 aliphatic carbocycles. The molecular weight excluding hydrogens is 582 g/mol. The maximum atomic E-state index is 13.6. The molecule has 1 N–H and O–H groups in total. The molecule has 1 aliphatic heterocycles. The number of hydrogen-bond donors (Lipinski definition) is 1. The lowest BCUT2D eigenvalue weighted by atomic mass is 9.95. The van der Waals surface area contributed by atoms with Gasteiger partial charge in [0.05, 0.1) is 31.7 Å². The molecule has 46 heavy (non-hydrogen) atoms. The number of carbonyl (C=O) groups excluding carboxylic acids is 2. The molecule has 1 fully saturated rings. The Hall–Kier alpha value is -5.05. The molecule has 0 saturated carbocycles. The number of Topliss-reactive ketones (excluding diaryl/α,β-unsaturated/α-hetero) is 1. The summed E-state index contributed by atoms with van der Waals surface area (Å²) in [5, 5.41) is 11.6. The highest BCUT2D eigenvalue weighted by atomic mass is 16.5. The van der Waals surface area contributed by atoms with Gasteiger partial charge in [0.25, 0.3) is 11.7 Å². The van der Waals surface area contributed by atoms with Gasteiger partial charge in [-0.25, -0.2) is 4.98 Å². The minimum absolute atomic E-state index is 0.0248. The van der Waals surface area contributed by atoms with Crippen LogP contribution in [-0.4, -0.2) is 51.5 Å². The number of imidazole rings is 1. The highest BCUT2D eigenvalue weighted by molar-refractivity contribution is 6.46. The van der Waals surface area contributed by atoms with Crippen molar-refractivity contribution in [1.29, 1.82) is 0 Å². The van der Waals surface area contributed by atoms with Gasteiger partial charge in [0, 0.05) is 31.0 Å². The van der Waals surface area contributed by atoms with Crippen LogP contribution in [0.1, 0.15) is 55.0 Å². The summed E-state index contributed by atoms with van der Waals surface area (Å²) in [7, 11) is 1.55. The van der Waals surface area contributed by atoms with E-state index in [0.717, 1.165) is 17.5 Å². The van der Waals surface area contributed by atoms with E-state index in [-0.39, 0.29) is 11.3 Å². The number of carbonyl (C=O) groups is 2. The van der Waals surface area contributed by atoms with Gasteiger partial charge >= 0.3 is 0 Å². The molecule has 1 amide bonds. The fourth-order valence-electron chi connectivity index (χ4n) is 5.48. The van der Waals surface area contributed by atoms with Crippen LogP contribution in [0.5, 0.6) is 17.2 Å². The Morgan fingerprint density at radius 1 is 0.978 bits per heavy atom. The molecule has 1 saturated heterocycles. The number of nitrogens with zero attached hydrogens (tertiary/aromatic N) is 3. The summed E-state index contributed by atoms with van der Waals surface area (Å²) in [5.74, 6) is 0.524. The van der Waals surface area contributed by atoms with Crippen LogP contribution in [-0.2, 0) is 22.7 Å². The van der Waals surface area contributed by atoms with Gasteiger partial charge in [-0.3, -0.25) is 9.59 Å². The van der Waals surface area contributed by atoms with Gasteiger partial charge in [-0.05, 0) is 78.8 Å². The molecule has 5 rings (SSSR count). The average Bonchev–Trinajstić information content (AvgIpc) is 3.67. The van der Waals surface area contributed by atoms with Crippen molar-refractivity contribution < 1.29 is 28.9 Å². The summed E-state index contributed by atoms with van der Waals surface area (Å²) in [4.78, 5) is 32.7. The molecule has 9 heteroatoms. The molecule has 2 heterocycles. The number of aromatic nitrogens is 2. The largest absolute Gasteiger partial charge is 0.507 e. The van der Waals surface area contributed by atoms with Gasteiger partial charge < -0.3 is 28.8 Å². The van der Waals surface area contributed by atoms with Crippen LogP contribution in [0.3, 0.4) is 0 Å². The Balaban J connectivity index is 1.45. The second kappa shape index (κ2) is 14.8. The lowest BCUT2D eigenvalue weighted by Gasteiger charge is -2.26. The summed E-state index contributed by atoms with van der Waals surface area (Å²) in [6.07, 6.45) is 6.73. The van der Waals surface area contributed by atoms with Crippen LogP contribution >= 0.6 is 0 Å². The standard InChI is InChI=1S/C37H41N3O6/c1-25(2)16-21-45-31-15-12-28(22-32(31)44-4)34-33(36(42)37(43)40(34)19-7-18-39-20-17-38-24-39)35(41)27-10-13-30(14-11-27)46-23-29-9-6-5-8-26(29)3/h5-6,8-15,17,20,22,24-25,34,41H,7,16,18-19,21,23H2,1-4H3/b35-33+. The Kier molecular flexibility index (Phi) is 10.4. The van der Waals surface area contributed by atoms with E-state index in [1.807, 2.05) is 48.0 Å². The quantitative estimate of drug-likeness (QED) is 0.0946. The van der Waals surface area contributed by atoms with E-state index in [2.05, 4.69) is 18.8 Å². The number of likely N-dealkylation sites (tertiary alicyclic amines) is 1. The third kappa shape index (κ3) is 7.42. The first kappa shape index (κ1) is 32.3. The molecular formula is C37H41N3O6. The molecule has 1 unspecified atom stereocenters. The summed E-state index contributed by atoms with van der Waals surface area (Å²) >= 11 is 0. The van der Waals surface area contributed by atoms with E-state index in [0.29, 0.717) is 67.0 Å². The number of benzene rings is 3. The number of rotatable bonds is 14. The number of ketones is 1. The van der Waals surface area contributed by atoms with Crippen molar-refractivity contribution in [2.75, 3.05) is 20.3 Å². The number of hydrogen-bond acceptors (Lipinski definition) is 7. The van der Waals surface area contributed by atoms with Crippen LogP contribution in [0.25, 0.3) is 5.76 Å². The van der Waals surface area contributed by atoms with Crippen molar-refractivity contribution >= 4 is 17.4 Å². The van der Waals surface area contributed by atoms with E-state index in [1.54, 1.807) is 56.0 Å². The summed E-state index contributed by atoms with van der Waals surface area (Å²) in [6, 6.07) is 19.5. The lowest BCUT2D eigenvalue weighted by Crippen LogP contribution is -2.31. The number of aliphatic hydroxyl groups excluding tert-OH is 1. The third-order valence-electron chi connectivity index (χ3n) is 8.15. The van der Waals surface area contributed by atoms with Crippen LogP contribution in [0.2, 0.25) is 0 Å². The summed E-state index contributed by atoms with van der Waals surface area (Å²) < 4.78 is 19.5. The van der Waals surface area contributed by atoms with Crippen LogP contribution in [0.4, 0.5) is 0 Å². The van der Waals surface area contributed by atoms with E-state index in [4.69, 9.17) is 14.2 Å². The van der Waals surface area contributed by atoms with Crippen LogP contribution in [0.15, 0.2) is 91.0 Å². The number of methoxy groups -OCH3 is 1. The van der Waals surface area contributed by atoms with Gasteiger partial charge in [0.2, 0.25) is 0 Å². The van der Waals surface area contributed by atoms with E-state index < -0.39 is 17.7 Å². The third-order valence-corrected chi connectivity index (χ3v) is 8.15. The van der Waals surface area contributed by atoms with Crippen molar-refractivity contribution in [1.82, 2.24) is 14.5 Å². The van der Waals surface area contributed by atoms with E-state index >= 15 is 0 Å². The second-order valence-corrected chi connectivity index (χ2v) is 11.8. The van der Waals surface area contributed by atoms with Crippen molar-refractivity contribution in [2.45, 2.75) is 52.8 Å². The number of ether oxygens (including phenoxy) is 3. The van der Waals surface area contributed by atoms with Gasteiger partial charge in [0.1, 0.15) is 18.1 Å². The molecule has 0 radical (unpaired) electrons. The molecule has 1 atom stereocenters.